The van der Waals surface area contributed by atoms with Gasteiger partial charge in [0.1, 0.15) is 11.5 Å². The number of hydrogen-bond acceptors (Lipinski definition) is 4. The number of amides is 1. The third-order valence-corrected chi connectivity index (χ3v) is 4.04. The molecule has 0 saturated carbocycles. The van der Waals surface area contributed by atoms with Crippen LogP contribution in [0.5, 0.6) is 11.5 Å². The molecular weight excluding hydrogens is 280 g/mol. The van der Waals surface area contributed by atoms with Crippen LogP contribution in [0.4, 0.5) is 0 Å². The molecule has 122 valence electrons. The number of piperidine rings is 1. The van der Waals surface area contributed by atoms with Crippen LogP contribution in [0.3, 0.4) is 0 Å². The Bertz CT molecular complexity index is 473. The zero-order valence-electron chi connectivity index (χ0n) is 13.7. The third kappa shape index (κ3) is 4.37. The number of nitrogens with one attached hydrogen (secondary N) is 1. The van der Waals surface area contributed by atoms with Gasteiger partial charge in [0, 0.05) is 13.1 Å². The van der Waals surface area contributed by atoms with Gasteiger partial charge in [-0.05, 0) is 63.5 Å². The van der Waals surface area contributed by atoms with Crippen molar-refractivity contribution in [1.29, 1.82) is 0 Å². The van der Waals surface area contributed by atoms with Gasteiger partial charge in [-0.1, -0.05) is 0 Å². The van der Waals surface area contributed by atoms with Crippen LogP contribution in [-0.4, -0.2) is 50.7 Å². The van der Waals surface area contributed by atoms with Crippen molar-refractivity contribution in [3.8, 4) is 11.5 Å². The second-order valence-electron chi connectivity index (χ2n) is 5.79. The molecule has 1 aromatic rings. The topological polar surface area (TPSA) is 50.8 Å². The van der Waals surface area contributed by atoms with Crippen LogP contribution < -0.4 is 14.8 Å². The number of carbonyl (C=O) groups excluding carboxylic acids is 1. The maximum Gasteiger partial charge on any atom is 0.263 e. The molecule has 1 aliphatic rings. The van der Waals surface area contributed by atoms with E-state index in [1.54, 1.807) is 7.11 Å². The SMILES string of the molecule is CNCC1CCCN(C(=O)C(C)Oc2ccc(OC)cc2)C1. The standard InChI is InChI=1S/C17H26N2O3/c1-13(22-16-8-6-15(21-3)7-9-16)17(20)19-10-4-5-14(12-19)11-18-2/h6-9,13-14,18H,4-5,10-12H2,1-3H3. The van der Waals surface area contributed by atoms with Crippen molar-refractivity contribution < 1.29 is 14.3 Å². The predicted molar refractivity (Wildman–Crippen MR) is 86.3 cm³/mol. The Morgan fingerprint density at radius 3 is 2.68 bits per heavy atom. The summed E-state index contributed by atoms with van der Waals surface area (Å²) >= 11 is 0. The second-order valence-corrected chi connectivity index (χ2v) is 5.79. The van der Waals surface area contributed by atoms with E-state index in [9.17, 15) is 4.79 Å². The molecule has 1 aliphatic heterocycles. The van der Waals surface area contributed by atoms with Gasteiger partial charge in [-0.25, -0.2) is 0 Å². The van der Waals surface area contributed by atoms with Crippen molar-refractivity contribution in [3.63, 3.8) is 0 Å². The van der Waals surface area contributed by atoms with Crippen LogP contribution in [0.2, 0.25) is 0 Å². The van der Waals surface area contributed by atoms with Gasteiger partial charge in [0.25, 0.3) is 5.91 Å². The molecule has 5 nitrogen and oxygen atoms in total. The van der Waals surface area contributed by atoms with Crippen LogP contribution in [-0.2, 0) is 4.79 Å². The van der Waals surface area contributed by atoms with Crippen molar-refractivity contribution in [1.82, 2.24) is 10.2 Å². The van der Waals surface area contributed by atoms with Gasteiger partial charge in [0.05, 0.1) is 7.11 Å². The van der Waals surface area contributed by atoms with Crippen molar-refractivity contribution >= 4 is 5.91 Å². The lowest BCUT2D eigenvalue weighted by atomic mass is 9.97. The van der Waals surface area contributed by atoms with E-state index in [2.05, 4.69) is 5.32 Å². The zero-order chi connectivity index (χ0) is 15.9. The molecule has 1 N–H and O–H groups in total. The van der Waals surface area contributed by atoms with Gasteiger partial charge in [-0.3, -0.25) is 4.79 Å². The van der Waals surface area contributed by atoms with Crippen LogP contribution in [0.25, 0.3) is 0 Å². The predicted octanol–water partition coefficient (Wildman–Crippen LogP) is 1.92. The fraction of sp³-hybridized carbons (Fsp3) is 0.588. The Morgan fingerprint density at radius 2 is 2.05 bits per heavy atom. The Kier molecular flexibility index (Phi) is 6.07. The average Bonchev–Trinajstić information content (AvgIpc) is 2.55. The molecule has 22 heavy (non-hydrogen) atoms. The van der Waals surface area contributed by atoms with Gasteiger partial charge in [-0.15, -0.1) is 0 Å². The lowest BCUT2D eigenvalue weighted by Crippen LogP contribution is -2.47. The van der Waals surface area contributed by atoms with E-state index < -0.39 is 6.10 Å². The Balaban J connectivity index is 1.90. The average molecular weight is 306 g/mol. The molecular formula is C17H26N2O3. The molecule has 1 heterocycles. The summed E-state index contributed by atoms with van der Waals surface area (Å²) in [6.07, 6.45) is 1.77. The highest BCUT2D eigenvalue weighted by molar-refractivity contribution is 5.81. The van der Waals surface area contributed by atoms with E-state index in [1.165, 1.54) is 6.42 Å². The number of benzene rings is 1. The normalized spacial score (nSPS) is 19.6. The molecule has 2 unspecified atom stereocenters. The monoisotopic (exact) mass is 306 g/mol. The quantitative estimate of drug-likeness (QED) is 0.872. The fourth-order valence-electron chi connectivity index (χ4n) is 2.89. The van der Waals surface area contributed by atoms with E-state index >= 15 is 0 Å². The van der Waals surface area contributed by atoms with Crippen LogP contribution in [0, 0.1) is 5.92 Å². The highest BCUT2D eigenvalue weighted by atomic mass is 16.5. The molecule has 0 aromatic heterocycles. The number of methoxy groups -OCH3 is 1. The largest absolute Gasteiger partial charge is 0.497 e. The zero-order valence-corrected chi connectivity index (χ0v) is 13.7. The lowest BCUT2D eigenvalue weighted by molar-refractivity contribution is -0.139. The Morgan fingerprint density at radius 1 is 1.36 bits per heavy atom. The number of likely N-dealkylation sites (tertiary alicyclic amines) is 1. The minimum Gasteiger partial charge on any atom is -0.497 e. The van der Waals surface area contributed by atoms with Crippen LogP contribution in [0.1, 0.15) is 19.8 Å². The molecule has 1 amide bonds. The number of ether oxygens (including phenoxy) is 2. The van der Waals surface area contributed by atoms with Gasteiger partial charge in [-0.2, -0.15) is 0 Å². The van der Waals surface area contributed by atoms with Crippen molar-refractivity contribution in [2.24, 2.45) is 5.92 Å². The minimum absolute atomic E-state index is 0.0663. The Hall–Kier alpha value is -1.75. The molecule has 5 heteroatoms. The molecule has 2 rings (SSSR count). The van der Waals surface area contributed by atoms with Gasteiger partial charge in [0.15, 0.2) is 6.10 Å². The first kappa shape index (κ1) is 16.6. The number of carbonyl (C=O) groups is 1. The number of nitrogens with zero attached hydrogens (tertiary/aromatic N) is 1. The fourth-order valence-corrected chi connectivity index (χ4v) is 2.89. The smallest absolute Gasteiger partial charge is 0.263 e. The van der Waals surface area contributed by atoms with Crippen LogP contribution >= 0.6 is 0 Å². The summed E-state index contributed by atoms with van der Waals surface area (Å²) in [5, 5.41) is 3.20. The summed E-state index contributed by atoms with van der Waals surface area (Å²) in [7, 11) is 3.58. The first-order chi connectivity index (χ1) is 10.6. The molecule has 0 radical (unpaired) electrons. The second kappa shape index (κ2) is 8.03. The van der Waals surface area contributed by atoms with E-state index in [0.29, 0.717) is 11.7 Å². The summed E-state index contributed by atoms with van der Waals surface area (Å²) in [4.78, 5) is 14.5. The molecule has 1 fully saturated rings. The molecule has 0 bridgehead atoms. The summed E-state index contributed by atoms with van der Waals surface area (Å²) in [5.41, 5.74) is 0. The van der Waals surface area contributed by atoms with E-state index in [4.69, 9.17) is 9.47 Å². The van der Waals surface area contributed by atoms with Gasteiger partial charge >= 0.3 is 0 Å². The summed E-state index contributed by atoms with van der Waals surface area (Å²) in [5.74, 6) is 2.07. The van der Waals surface area contributed by atoms with E-state index in [0.717, 1.165) is 31.8 Å². The summed E-state index contributed by atoms with van der Waals surface area (Å²) in [6.45, 7) is 4.41. The molecule has 0 aliphatic carbocycles. The Labute approximate surface area is 132 Å². The van der Waals surface area contributed by atoms with Gasteiger partial charge < -0.3 is 19.7 Å². The molecule has 2 atom stereocenters. The van der Waals surface area contributed by atoms with Crippen LogP contribution in [0.15, 0.2) is 24.3 Å². The maximum absolute atomic E-state index is 12.5. The number of hydrogen-bond donors (Lipinski definition) is 1. The molecule has 0 spiro atoms. The third-order valence-electron chi connectivity index (χ3n) is 4.04. The van der Waals surface area contributed by atoms with Crippen molar-refractivity contribution in [2.45, 2.75) is 25.9 Å². The number of rotatable bonds is 6. The highest BCUT2D eigenvalue weighted by Gasteiger charge is 2.27. The maximum atomic E-state index is 12.5. The first-order valence-corrected chi connectivity index (χ1v) is 7.88. The molecule has 1 saturated heterocycles. The van der Waals surface area contributed by atoms with E-state index in [1.807, 2.05) is 43.1 Å². The molecule has 1 aromatic carbocycles. The van der Waals surface area contributed by atoms with E-state index in [-0.39, 0.29) is 5.91 Å². The van der Waals surface area contributed by atoms with Crippen molar-refractivity contribution in [2.75, 3.05) is 33.8 Å². The minimum atomic E-state index is -0.471. The lowest BCUT2D eigenvalue weighted by Gasteiger charge is -2.34. The van der Waals surface area contributed by atoms with Crippen molar-refractivity contribution in [3.05, 3.63) is 24.3 Å². The van der Waals surface area contributed by atoms with Gasteiger partial charge in [0.2, 0.25) is 0 Å². The highest BCUT2D eigenvalue weighted by Crippen LogP contribution is 2.20. The summed E-state index contributed by atoms with van der Waals surface area (Å²) in [6, 6.07) is 7.30. The summed E-state index contributed by atoms with van der Waals surface area (Å²) < 4.78 is 10.9. The first-order valence-electron chi connectivity index (χ1n) is 7.88.